The summed E-state index contributed by atoms with van der Waals surface area (Å²) in [6, 6.07) is 8.04. The molecule has 0 amide bonds. The predicted molar refractivity (Wildman–Crippen MR) is 99.0 cm³/mol. The van der Waals surface area contributed by atoms with Gasteiger partial charge >= 0.3 is 6.18 Å². The van der Waals surface area contributed by atoms with Gasteiger partial charge in [0.25, 0.3) is 15.2 Å². The number of sulfonamides is 1. The van der Waals surface area contributed by atoms with Crippen molar-refractivity contribution >= 4 is 38.8 Å². The average molecular weight is 416 g/mol. The summed E-state index contributed by atoms with van der Waals surface area (Å²) < 4.78 is 70.8. The van der Waals surface area contributed by atoms with E-state index in [1.807, 2.05) is 0 Å². The van der Waals surface area contributed by atoms with Gasteiger partial charge in [-0.25, -0.2) is 8.42 Å². The third-order valence-electron chi connectivity index (χ3n) is 4.00. The molecule has 27 heavy (non-hydrogen) atoms. The van der Waals surface area contributed by atoms with Gasteiger partial charge in [-0.1, -0.05) is 0 Å². The molecule has 0 aliphatic carbocycles. The van der Waals surface area contributed by atoms with Crippen molar-refractivity contribution in [1.82, 2.24) is 0 Å². The van der Waals surface area contributed by atoms with E-state index in [9.17, 15) is 21.6 Å². The van der Waals surface area contributed by atoms with Gasteiger partial charge in [0.1, 0.15) is 5.60 Å². The first-order chi connectivity index (χ1) is 12.4. The number of fused-ring (bicyclic) bond motifs is 1. The van der Waals surface area contributed by atoms with Crippen LogP contribution < -0.4 is 10.0 Å². The summed E-state index contributed by atoms with van der Waals surface area (Å²) in [5.41, 5.74) is -0.0680. The number of benzene rings is 2. The molecular weight excluding hydrogens is 401 g/mol. The number of anilines is 2. The highest BCUT2D eigenvalue weighted by molar-refractivity contribution is 7.92. The fraction of sp³-hybridized carbons (Fsp3) is 0.235. The molecule has 0 aromatic heterocycles. The molecule has 1 aliphatic rings. The van der Waals surface area contributed by atoms with Crippen LogP contribution in [0.4, 0.5) is 24.5 Å². The molecule has 10 heteroatoms. The molecule has 0 unspecified atom stereocenters. The molecule has 2 aromatic rings. The monoisotopic (exact) mass is 416 g/mol. The maximum atomic E-state index is 12.6. The van der Waals surface area contributed by atoms with Crippen molar-refractivity contribution in [2.75, 3.05) is 10.0 Å². The third-order valence-corrected chi connectivity index (χ3v) is 5.58. The summed E-state index contributed by atoms with van der Waals surface area (Å²) in [5.74, 6) is 0. The summed E-state index contributed by atoms with van der Waals surface area (Å²) in [4.78, 5) is -0.275. The van der Waals surface area contributed by atoms with Gasteiger partial charge in [0.15, 0.2) is 0 Å². The SMILES string of the molecule is CC1(C)OC(=S)Nc2ccc(NS(=O)(=O)c3ccc(C(F)(F)F)cc3)cc21. The van der Waals surface area contributed by atoms with Crippen LogP contribution in [0, 0.1) is 0 Å². The van der Waals surface area contributed by atoms with E-state index in [4.69, 9.17) is 17.0 Å². The van der Waals surface area contributed by atoms with Gasteiger partial charge in [-0.2, -0.15) is 13.2 Å². The van der Waals surface area contributed by atoms with Crippen LogP contribution in [0.3, 0.4) is 0 Å². The molecule has 0 saturated heterocycles. The highest BCUT2D eigenvalue weighted by atomic mass is 32.2. The van der Waals surface area contributed by atoms with Crippen LogP contribution in [0.15, 0.2) is 47.4 Å². The van der Waals surface area contributed by atoms with E-state index in [0.717, 1.165) is 24.3 Å². The lowest BCUT2D eigenvalue weighted by Crippen LogP contribution is -2.34. The number of hydrogen-bond donors (Lipinski definition) is 2. The van der Waals surface area contributed by atoms with E-state index in [-0.39, 0.29) is 15.8 Å². The highest BCUT2D eigenvalue weighted by Gasteiger charge is 2.33. The van der Waals surface area contributed by atoms with E-state index < -0.39 is 27.4 Å². The zero-order chi connectivity index (χ0) is 20.0. The second kappa shape index (κ2) is 6.38. The zero-order valence-electron chi connectivity index (χ0n) is 14.2. The maximum Gasteiger partial charge on any atom is 0.416 e. The molecule has 0 spiro atoms. The first-order valence-electron chi connectivity index (χ1n) is 7.73. The highest BCUT2D eigenvalue weighted by Crippen LogP contribution is 2.37. The molecular formula is C17H15F3N2O3S2. The molecule has 5 nitrogen and oxygen atoms in total. The smallest absolute Gasteiger partial charge is 0.416 e. The van der Waals surface area contributed by atoms with Crippen LogP contribution in [-0.4, -0.2) is 13.6 Å². The van der Waals surface area contributed by atoms with Crippen LogP contribution >= 0.6 is 12.2 Å². The Bertz CT molecular complexity index is 1000. The normalized spacial score (nSPS) is 16.1. The van der Waals surface area contributed by atoms with Crippen molar-refractivity contribution in [2.24, 2.45) is 0 Å². The first kappa shape index (κ1) is 19.4. The number of nitrogens with one attached hydrogen (secondary N) is 2. The summed E-state index contributed by atoms with van der Waals surface area (Å²) in [7, 11) is -4.05. The molecule has 3 rings (SSSR count). The molecule has 0 bridgehead atoms. The number of rotatable bonds is 3. The van der Waals surface area contributed by atoms with Gasteiger partial charge in [-0.15, -0.1) is 0 Å². The third kappa shape index (κ3) is 4.01. The molecule has 2 aromatic carbocycles. The number of halogens is 3. The van der Waals surface area contributed by atoms with Crippen molar-refractivity contribution in [3.8, 4) is 0 Å². The van der Waals surface area contributed by atoms with Crippen LogP contribution in [0.25, 0.3) is 0 Å². The van der Waals surface area contributed by atoms with Crippen molar-refractivity contribution in [2.45, 2.75) is 30.5 Å². The van der Waals surface area contributed by atoms with Gasteiger partial charge in [-0.05, 0) is 68.5 Å². The Balaban J connectivity index is 1.90. The minimum atomic E-state index is -4.53. The zero-order valence-corrected chi connectivity index (χ0v) is 15.8. The van der Waals surface area contributed by atoms with Crippen molar-refractivity contribution < 1.29 is 26.3 Å². The Morgan fingerprint density at radius 2 is 1.74 bits per heavy atom. The van der Waals surface area contributed by atoms with E-state index in [0.29, 0.717) is 11.3 Å². The Labute approximate surface area is 159 Å². The Hall–Kier alpha value is -2.33. The van der Waals surface area contributed by atoms with Crippen LogP contribution in [0.2, 0.25) is 0 Å². The number of hydrogen-bond acceptors (Lipinski definition) is 4. The van der Waals surface area contributed by atoms with Gasteiger partial charge in [-0.3, -0.25) is 4.72 Å². The minimum Gasteiger partial charge on any atom is -0.460 e. The van der Waals surface area contributed by atoms with E-state index in [2.05, 4.69) is 10.0 Å². The standard InChI is InChI=1S/C17H15F3N2O3S2/c1-16(2)13-9-11(5-8-14(13)21-15(26)25-16)22-27(23,24)12-6-3-10(4-7-12)17(18,19)20/h3-9,22H,1-2H3,(H,21,26). The minimum absolute atomic E-state index is 0.214. The lowest BCUT2D eigenvalue weighted by atomic mass is 9.94. The van der Waals surface area contributed by atoms with Crippen LogP contribution in [0.5, 0.6) is 0 Å². The molecule has 144 valence electrons. The molecule has 0 fully saturated rings. The quantitative estimate of drug-likeness (QED) is 0.723. The van der Waals surface area contributed by atoms with Gasteiger partial charge < -0.3 is 10.1 Å². The number of alkyl halides is 3. The Morgan fingerprint density at radius 1 is 1.11 bits per heavy atom. The van der Waals surface area contributed by atoms with Gasteiger partial charge in [0, 0.05) is 16.9 Å². The van der Waals surface area contributed by atoms with Crippen LogP contribution in [-0.2, 0) is 26.5 Å². The Morgan fingerprint density at radius 3 is 2.33 bits per heavy atom. The van der Waals surface area contributed by atoms with Crippen molar-refractivity contribution in [3.63, 3.8) is 0 Å². The van der Waals surface area contributed by atoms with Crippen molar-refractivity contribution in [1.29, 1.82) is 0 Å². The lowest BCUT2D eigenvalue weighted by Gasteiger charge is -2.34. The number of thiocarbonyl (C=S) groups is 1. The van der Waals surface area contributed by atoms with E-state index in [1.165, 1.54) is 6.07 Å². The molecule has 2 N–H and O–H groups in total. The molecule has 1 aliphatic heterocycles. The lowest BCUT2D eigenvalue weighted by molar-refractivity contribution is -0.137. The van der Waals surface area contributed by atoms with Crippen LogP contribution in [0.1, 0.15) is 25.0 Å². The fourth-order valence-corrected chi connectivity index (χ4v) is 4.04. The summed E-state index contributed by atoms with van der Waals surface area (Å²) >= 11 is 5.03. The first-order valence-corrected chi connectivity index (χ1v) is 9.62. The second-order valence-electron chi connectivity index (χ2n) is 6.41. The largest absolute Gasteiger partial charge is 0.460 e. The number of ether oxygens (including phenoxy) is 1. The van der Waals surface area contributed by atoms with Gasteiger partial charge in [0.05, 0.1) is 10.5 Å². The Kier molecular flexibility index (Phi) is 4.59. The topological polar surface area (TPSA) is 67.4 Å². The maximum absolute atomic E-state index is 12.6. The summed E-state index contributed by atoms with van der Waals surface area (Å²) in [6.45, 7) is 3.57. The molecule has 0 radical (unpaired) electrons. The van der Waals surface area contributed by atoms with E-state index in [1.54, 1.807) is 26.0 Å². The second-order valence-corrected chi connectivity index (χ2v) is 8.47. The summed E-state index contributed by atoms with van der Waals surface area (Å²) in [6.07, 6.45) is -4.53. The van der Waals surface area contributed by atoms with Gasteiger partial charge in [0.2, 0.25) is 0 Å². The average Bonchev–Trinajstić information content (AvgIpc) is 2.54. The predicted octanol–water partition coefficient (Wildman–Crippen LogP) is 4.47. The fourth-order valence-electron chi connectivity index (χ4n) is 2.67. The molecule has 0 atom stereocenters. The molecule has 1 heterocycles. The van der Waals surface area contributed by atoms with E-state index >= 15 is 0 Å². The molecule has 0 saturated carbocycles. The summed E-state index contributed by atoms with van der Waals surface area (Å²) in [5, 5.41) is 3.10. The van der Waals surface area contributed by atoms with Crippen molar-refractivity contribution in [3.05, 3.63) is 53.6 Å².